The Hall–Kier alpha value is -2.14. The van der Waals surface area contributed by atoms with Crippen molar-refractivity contribution in [1.29, 1.82) is 0 Å². The van der Waals surface area contributed by atoms with Crippen LogP contribution in [0.15, 0.2) is 11.0 Å². The second-order valence-electron chi connectivity index (χ2n) is 4.50. The topological polar surface area (TPSA) is 114 Å². The van der Waals surface area contributed by atoms with Gasteiger partial charge in [0.25, 0.3) is 5.56 Å². The van der Waals surface area contributed by atoms with E-state index >= 15 is 0 Å². The first-order valence-corrected chi connectivity index (χ1v) is 6.45. The fourth-order valence-corrected chi connectivity index (χ4v) is 1.73. The summed E-state index contributed by atoms with van der Waals surface area (Å²) in [5, 5.41) is 16.0. The third-order valence-electron chi connectivity index (χ3n) is 2.65. The highest BCUT2D eigenvalue weighted by molar-refractivity contribution is 5.66. The molecule has 11 heteroatoms. The zero-order chi connectivity index (χ0) is 17.5. The maximum atomic E-state index is 12.9. The molecule has 0 aliphatic carbocycles. The number of alkyl halides is 3. The van der Waals surface area contributed by atoms with Crippen LogP contribution in [0.4, 0.5) is 18.9 Å². The van der Waals surface area contributed by atoms with E-state index in [0.29, 0.717) is 0 Å². The lowest BCUT2D eigenvalue weighted by molar-refractivity contribution is -0.139. The smallest absolute Gasteiger partial charge is 0.423 e. The van der Waals surface area contributed by atoms with Crippen molar-refractivity contribution >= 4 is 11.7 Å². The number of aromatic amines is 1. The van der Waals surface area contributed by atoms with E-state index in [0.717, 1.165) is 6.20 Å². The predicted molar refractivity (Wildman–Crippen MR) is 72.2 cm³/mol. The number of nitrogens with zero attached hydrogens (tertiary/aromatic N) is 1. The highest BCUT2D eigenvalue weighted by Crippen LogP contribution is 2.31. The summed E-state index contributed by atoms with van der Waals surface area (Å²) in [6, 6.07) is -0.724. The van der Waals surface area contributed by atoms with Gasteiger partial charge in [-0.2, -0.15) is 18.3 Å². The Labute approximate surface area is 128 Å². The monoisotopic (exact) mass is 339 g/mol. The fraction of sp³-hybridized carbons (Fsp3) is 0.583. The van der Waals surface area contributed by atoms with Crippen molar-refractivity contribution in [3.05, 3.63) is 22.1 Å². The van der Waals surface area contributed by atoms with E-state index in [1.165, 1.54) is 7.11 Å². The molecule has 0 spiro atoms. The van der Waals surface area contributed by atoms with Crippen molar-refractivity contribution in [2.75, 3.05) is 32.2 Å². The van der Waals surface area contributed by atoms with Gasteiger partial charge in [-0.15, -0.1) is 0 Å². The minimum atomic E-state index is -4.86. The average Bonchev–Trinajstić information content (AvgIpc) is 2.42. The molecule has 0 aliphatic heterocycles. The summed E-state index contributed by atoms with van der Waals surface area (Å²) in [5.74, 6) is -1.06. The number of carbonyl (C=O) groups is 1. The van der Waals surface area contributed by atoms with Gasteiger partial charge in [-0.05, 0) is 0 Å². The van der Waals surface area contributed by atoms with E-state index in [4.69, 9.17) is 14.6 Å². The van der Waals surface area contributed by atoms with Crippen LogP contribution in [-0.4, -0.2) is 54.2 Å². The number of hydrogen-bond donors (Lipinski definition) is 3. The molecule has 1 heterocycles. The molecule has 1 rings (SSSR count). The number of rotatable bonds is 9. The Bertz CT molecular complexity index is 576. The summed E-state index contributed by atoms with van der Waals surface area (Å²) in [6.45, 7) is -0.223. The van der Waals surface area contributed by atoms with E-state index in [2.05, 4.69) is 10.4 Å². The number of methoxy groups -OCH3 is 1. The molecule has 0 radical (unpaired) electrons. The first-order valence-electron chi connectivity index (χ1n) is 6.45. The Kier molecular flexibility index (Phi) is 6.97. The summed E-state index contributed by atoms with van der Waals surface area (Å²) in [4.78, 5) is 21.7. The summed E-state index contributed by atoms with van der Waals surface area (Å²) in [5.41, 5.74) is -3.28. The van der Waals surface area contributed by atoms with Gasteiger partial charge in [-0.3, -0.25) is 9.59 Å². The van der Waals surface area contributed by atoms with Crippen LogP contribution in [0, 0.1) is 0 Å². The second kappa shape index (κ2) is 8.48. The molecular weight excluding hydrogens is 323 g/mol. The number of aliphatic carboxylic acids is 1. The Balaban J connectivity index is 2.82. The third-order valence-corrected chi connectivity index (χ3v) is 2.65. The fourth-order valence-electron chi connectivity index (χ4n) is 1.73. The van der Waals surface area contributed by atoms with Crippen LogP contribution < -0.4 is 10.9 Å². The van der Waals surface area contributed by atoms with Crippen molar-refractivity contribution in [2.24, 2.45) is 0 Å². The number of anilines is 1. The van der Waals surface area contributed by atoms with Crippen LogP contribution in [0.3, 0.4) is 0 Å². The van der Waals surface area contributed by atoms with E-state index in [-0.39, 0.29) is 26.2 Å². The second-order valence-corrected chi connectivity index (χ2v) is 4.50. The highest BCUT2D eigenvalue weighted by atomic mass is 19.4. The first-order chi connectivity index (χ1) is 10.8. The first kappa shape index (κ1) is 18.9. The van der Waals surface area contributed by atoms with Crippen LogP contribution in [-0.2, 0) is 20.4 Å². The minimum Gasteiger partial charge on any atom is -0.481 e. The maximum Gasteiger partial charge on any atom is 0.423 e. The molecule has 0 aliphatic rings. The third kappa shape index (κ3) is 6.24. The number of carboxylic acid groups (broad SMARTS) is 1. The van der Waals surface area contributed by atoms with E-state index in [9.17, 15) is 22.8 Å². The van der Waals surface area contributed by atoms with Crippen LogP contribution in [0.1, 0.15) is 12.0 Å². The SMILES string of the molecule is COCC(COCCC(=O)O)Nc1cn[nH]c(=O)c1C(F)(F)F. The van der Waals surface area contributed by atoms with Gasteiger partial charge in [0.2, 0.25) is 0 Å². The van der Waals surface area contributed by atoms with E-state index < -0.39 is 35.0 Å². The molecule has 8 nitrogen and oxygen atoms in total. The number of aromatic nitrogens is 2. The summed E-state index contributed by atoms with van der Waals surface area (Å²) in [6.07, 6.45) is -4.26. The molecule has 23 heavy (non-hydrogen) atoms. The normalized spacial score (nSPS) is 12.9. The van der Waals surface area contributed by atoms with Gasteiger partial charge in [0.05, 0.1) is 44.2 Å². The molecule has 130 valence electrons. The van der Waals surface area contributed by atoms with E-state index in [1.54, 1.807) is 5.10 Å². The lowest BCUT2D eigenvalue weighted by atomic mass is 10.2. The molecule has 0 aromatic carbocycles. The van der Waals surface area contributed by atoms with Crippen LogP contribution in [0.2, 0.25) is 0 Å². The molecule has 1 aromatic heterocycles. The molecule has 1 unspecified atom stereocenters. The molecule has 3 N–H and O–H groups in total. The van der Waals surface area contributed by atoms with Gasteiger partial charge >= 0.3 is 12.1 Å². The van der Waals surface area contributed by atoms with Gasteiger partial charge in [0, 0.05) is 7.11 Å². The van der Waals surface area contributed by atoms with Gasteiger partial charge in [-0.25, -0.2) is 5.10 Å². The zero-order valence-electron chi connectivity index (χ0n) is 12.1. The number of carboxylic acids is 1. The molecule has 0 amide bonds. The largest absolute Gasteiger partial charge is 0.481 e. The van der Waals surface area contributed by atoms with Crippen molar-refractivity contribution in [3.8, 4) is 0 Å². The summed E-state index contributed by atoms with van der Waals surface area (Å²) >= 11 is 0. The molecular formula is C12H16F3N3O5. The number of H-pyrrole nitrogens is 1. The number of ether oxygens (including phenoxy) is 2. The van der Waals surface area contributed by atoms with Crippen molar-refractivity contribution in [1.82, 2.24) is 10.2 Å². The average molecular weight is 339 g/mol. The van der Waals surface area contributed by atoms with Crippen LogP contribution in [0.5, 0.6) is 0 Å². The summed E-state index contributed by atoms with van der Waals surface area (Å²) in [7, 11) is 1.34. The molecule has 0 saturated carbocycles. The van der Waals surface area contributed by atoms with Crippen LogP contribution >= 0.6 is 0 Å². The molecule has 0 saturated heterocycles. The zero-order valence-corrected chi connectivity index (χ0v) is 12.1. The number of halogens is 3. The number of nitrogens with one attached hydrogen (secondary N) is 2. The predicted octanol–water partition coefficient (Wildman–Crippen LogP) is 0.707. The highest BCUT2D eigenvalue weighted by Gasteiger charge is 2.37. The molecule has 0 bridgehead atoms. The lowest BCUT2D eigenvalue weighted by Crippen LogP contribution is -2.33. The molecule has 0 fully saturated rings. The molecule has 1 aromatic rings. The quantitative estimate of drug-likeness (QED) is 0.568. The standard InChI is InChI=1S/C12H16F3N3O5/c1-22-5-7(6-23-3-2-9(19)20)17-8-4-16-18-11(21)10(8)12(13,14)15/h4,7H,2-3,5-6H2,1H3,(H,19,20)(H2,17,18,21). The summed E-state index contributed by atoms with van der Waals surface area (Å²) < 4.78 is 48.7. The van der Waals surface area contributed by atoms with Gasteiger partial charge in [0.15, 0.2) is 0 Å². The molecule has 1 atom stereocenters. The maximum absolute atomic E-state index is 12.9. The van der Waals surface area contributed by atoms with Crippen molar-refractivity contribution in [3.63, 3.8) is 0 Å². The van der Waals surface area contributed by atoms with E-state index in [1.807, 2.05) is 0 Å². The Morgan fingerprint density at radius 2 is 2.17 bits per heavy atom. The van der Waals surface area contributed by atoms with Gasteiger partial charge < -0.3 is 19.9 Å². The number of hydrogen-bond acceptors (Lipinski definition) is 6. The lowest BCUT2D eigenvalue weighted by Gasteiger charge is -2.21. The van der Waals surface area contributed by atoms with Gasteiger partial charge in [-0.1, -0.05) is 0 Å². The Morgan fingerprint density at radius 1 is 1.48 bits per heavy atom. The van der Waals surface area contributed by atoms with Gasteiger partial charge in [0.1, 0.15) is 5.56 Å². The van der Waals surface area contributed by atoms with Crippen molar-refractivity contribution in [2.45, 2.75) is 18.6 Å². The van der Waals surface area contributed by atoms with Crippen molar-refractivity contribution < 1.29 is 32.5 Å². The Morgan fingerprint density at radius 3 is 2.74 bits per heavy atom. The van der Waals surface area contributed by atoms with Crippen LogP contribution in [0.25, 0.3) is 0 Å². The minimum absolute atomic E-state index is 0.0167.